The predicted octanol–water partition coefficient (Wildman–Crippen LogP) is 2.62. The van der Waals surface area contributed by atoms with Gasteiger partial charge in [0.25, 0.3) is 0 Å². The molecule has 144 valence electrons. The van der Waals surface area contributed by atoms with Crippen molar-refractivity contribution < 1.29 is 5.11 Å². The summed E-state index contributed by atoms with van der Waals surface area (Å²) < 4.78 is 2.08. The fraction of sp³-hybridized carbons (Fsp3) is 0.684. The maximum Gasteiger partial charge on any atom is 0.206 e. The molecule has 7 nitrogen and oxygen atoms in total. The predicted molar refractivity (Wildman–Crippen MR) is 108 cm³/mol. The highest BCUT2D eigenvalue weighted by Crippen LogP contribution is 2.31. The Labute approximate surface area is 155 Å². The average molecular weight is 361 g/mol. The number of piperidine rings is 1. The SMILES string of the molecule is CCCN(C)c1nc2c(N)nc(N3CCCCC3)cc2n1CC(C)(C)O. The van der Waals surface area contributed by atoms with Gasteiger partial charge in [-0.2, -0.15) is 0 Å². The lowest BCUT2D eigenvalue weighted by Crippen LogP contribution is -2.31. The second kappa shape index (κ2) is 7.31. The van der Waals surface area contributed by atoms with Crippen molar-refractivity contribution in [2.75, 3.05) is 42.2 Å². The molecule has 2 aromatic heterocycles. The molecule has 1 saturated heterocycles. The minimum absolute atomic E-state index is 0.454. The van der Waals surface area contributed by atoms with Gasteiger partial charge < -0.3 is 25.2 Å². The lowest BCUT2D eigenvalue weighted by Gasteiger charge is -2.28. The Hall–Kier alpha value is -2.02. The topological polar surface area (TPSA) is 83.4 Å². The van der Waals surface area contributed by atoms with Crippen molar-refractivity contribution in [3.8, 4) is 0 Å². The Kier molecular flexibility index (Phi) is 5.27. The third-order valence-electron chi connectivity index (χ3n) is 4.86. The summed E-state index contributed by atoms with van der Waals surface area (Å²) in [6.45, 7) is 9.15. The van der Waals surface area contributed by atoms with Crippen molar-refractivity contribution in [3.63, 3.8) is 0 Å². The highest BCUT2D eigenvalue weighted by molar-refractivity contribution is 5.89. The maximum absolute atomic E-state index is 10.4. The summed E-state index contributed by atoms with van der Waals surface area (Å²) in [5.74, 6) is 2.20. The van der Waals surface area contributed by atoms with Crippen LogP contribution in [0.2, 0.25) is 0 Å². The van der Waals surface area contributed by atoms with Gasteiger partial charge in [0.2, 0.25) is 5.95 Å². The number of nitrogens with zero attached hydrogens (tertiary/aromatic N) is 5. The number of hydrogen-bond acceptors (Lipinski definition) is 6. The number of anilines is 3. The Bertz CT molecular complexity index is 757. The smallest absolute Gasteiger partial charge is 0.206 e. The average Bonchev–Trinajstić information content (AvgIpc) is 2.93. The van der Waals surface area contributed by atoms with E-state index >= 15 is 0 Å². The van der Waals surface area contributed by atoms with E-state index in [0.717, 1.165) is 43.3 Å². The normalized spacial score (nSPS) is 15.7. The van der Waals surface area contributed by atoms with Gasteiger partial charge in [-0.1, -0.05) is 6.92 Å². The van der Waals surface area contributed by atoms with Crippen LogP contribution in [0.1, 0.15) is 46.5 Å². The number of nitrogen functional groups attached to an aromatic ring is 1. The largest absolute Gasteiger partial charge is 0.389 e. The molecule has 0 aliphatic carbocycles. The first-order valence-electron chi connectivity index (χ1n) is 9.65. The van der Waals surface area contributed by atoms with Crippen LogP contribution >= 0.6 is 0 Å². The molecule has 0 amide bonds. The van der Waals surface area contributed by atoms with Crippen molar-refractivity contribution in [2.24, 2.45) is 0 Å². The molecule has 0 unspecified atom stereocenters. The highest BCUT2D eigenvalue weighted by Gasteiger charge is 2.24. The molecule has 3 N–H and O–H groups in total. The molecule has 0 radical (unpaired) electrons. The number of hydrogen-bond donors (Lipinski definition) is 2. The molecule has 0 saturated carbocycles. The Balaban J connectivity index is 2.12. The molecule has 0 spiro atoms. The van der Waals surface area contributed by atoms with Gasteiger partial charge in [-0.3, -0.25) is 0 Å². The number of imidazole rings is 1. The minimum atomic E-state index is -0.848. The molecule has 26 heavy (non-hydrogen) atoms. The van der Waals surface area contributed by atoms with E-state index in [1.807, 2.05) is 20.9 Å². The van der Waals surface area contributed by atoms with Gasteiger partial charge in [-0.25, -0.2) is 9.97 Å². The number of pyridine rings is 1. The Morgan fingerprint density at radius 3 is 2.54 bits per heavy atom. The Morgan fingerprint density at radius 2 is 1.92 bits per heavy atom. The molecular formula is C19H32N6O. The van der Waals surface area contributed by atoms with E-state index in [-0.39, 0.29) is 0 Å². The molecule has 0 aromatic carbocycles. The van der Waals surface area contributed by atoms with E-state index in [4.69, 9.17) is 10.7 Å². The number of aliphatic hydroxyl groups is 1. The molecule has 0 atom stereocenters. The Morgan fingerprint density at radius 1 is 1.23 bits per heavy atom. The molecule has 3 heterocycles. The third-order valence-corrected chi connectivity index (χ3v) is 4.86. The minimum Gasteiger partial charge on any atom is -0.389 e. The molecule has 1 aliphatic heterocycles. The number of fused-ring (bicyclic) bond motifs is 1. The van der Waals surface area contributed by atoms with E-state index in [1.165, 1.54) is 19.3 Å². The first-order chi connectivity index (χ1) is 12.3. The van der Waals surface area contributed by atoms with Crippen LogP contribution in [-0.4, -0.2) is 51.9 Å². The van der Waals surface area contributed by atoms with E-state index in [2.05, 4.69) is 32.3 Å². The van der Waals surface area contributed by atoms with Gasteiger partial charge in [-0.05, 0) is 39.5 Å². The van der Waals surface area contributed by atoms with Crippen molar-refractivity contribution in [1.29, 1.82) is 0 Å². The fourth-order valence-corrected chi connectivity index (χ4v) is 3.67. The first kappa shape index (κ1) is 18.8. The van der Waals surface area contributed by atoms with Crippen LogP contribution in [-0.2, 0) is 6.54 Å². The second-order valence-electron chi connectivity index (χ2n) is 8.01. The molecule has 7 heteroatoms. The summed E-state index contributed by atoms with van der Waals surface area (Å²) in [4.78, 5) is 13.8. The molecule has 0 bridgehead atoms. The zero-order valence-corrected chi connectivity index (χ0v) is 16.5. The summed E-state index contributed by atoms with van der Waals surface area (Å²) >= 11 is 0. The lowest BCUT2D eigenvalue weighted by atomic mass is 10.1. The zero-order valence-electron chi connectivity index (χ0n) is 16.5. The standard InChI is InChI=1S/C19H32N6O/c1-5-9-23(4)18-22-16-14(25(18)13-19(2,3)26)12-15(21-17(16)20)24-10-7-6-8-11-24/h12,26H,5-11,13H2,1-4H3,(H2,20,21). The van der Waals surface area contributed by atoms with Gasteiger partial charge in [-0.15, -0.1) is 0 Å². The molecule has 2 aromatic rings. The number of rotatable bonds is 6. The molecule has 1 aliphatic rings. The summed E-state index contributed by atoms with van der Waals surface area (Å²) in [5.41, 5.74) is 7.10. The van der Waals surface area contributed by atoms with Crippen LogP contribution in [0.3, 0.4) is 0 Å². The van der Waals surface area contributed by atoms with Crippen molar-refractivity contribution in [2.45, 2.75) is 58.6 Å². The second-order valence-corrected chi connectivity index (χ2v) is 8.01. The lowest BCUT2D eigenvalue weighted by molar-refractivity contribution is 0.0630. The van der Waals surface area contributed by atoms with E-state index < -0.39 is 5.60 Å². The summed E-state index contributed by atoms with van der Waals surface area (Å²) in [6.07, 6.45) is 4.67. The molecular weight excluding hydrogens is 328 g/mol. The van der Waals surface area contributed by atoms with Crippen LogP contribution < -0.4 is 15.5 Å². The van der Waals surface area contributed by atoms with Crippen LogP contribution in [0.5, 0.6) is 0 Å². The zero-order chi connectivity index (χ0) is 18.9. The van der Waals surface area contributed by atoms with Gasteiger partial charge >= 0.3 is 0 Å². The number of nitrogens with two attached hydrogens (primary N) is 1. The molecule has 1 fully saturated rings. The summed E-state index contributed by atoms with van der Waals surface area (Å²) in [6, 6.07) is 2.08. The molecule has 3 rings (SSSR count). The van der Waals surface area contributed by atoms with Crippen molar-refractivity contribution >= 4 is 28.6 Å². The van der Waals surface area contributed by atoms with Gasteiger partial charge in [0.1, 0.15) is 11.3 Å². The quantitative estimate of drug-likeness (QED) is 0.824. The van der Waals surface area contributed by atoms with Gasteiger partial charge in [0.05, 0.1) is 17.7 Å². The fourth-order valence-electron chi connectivity index (χ4n) is 3.67. The van der Waals surface area contributed by atoms with Crippen molar-refractivity contribution in [1.82, 2.24) is 14.5 Å². The maximum atomic E-state index is 10.4. The van der Waals surface area contributed by atoms with E-state index in [0.29, 0.717) is 17.9 Å². The van der Waals surface area contributed by atoms with Crippen LogP contribution in [0.25, 0.3) is 11.0 Å². The van der Waals surface area contributed by atoms with Crippen molar-refractivity contribution in [3.05, 3.63) is 6.07 Å². The highest BCUT2D eigenvalue weighted by atomic mass is 16.3. The number of aromatic nitrogens is 3. The van der Waals surface area contributed by atoms with E-state index in [1.54, 1.807) is 0 Å². The van der Waals surface area contributed by atoms with Gasteiger partial charge in [0, 0.05) is 32.7 Å². The summed E-state index contributed by atoms with van der Waals surface area (Å²) in [7, 11) is 2.03. The van der Waals surface area contributed by atoms with Crippen LogP contribution in [0.15, 0.2) is 6.07 Å². The van der Waals surface area contributed by atoms with Crippen LogP contribution in [0, 0.1) is 0 Å². The van der Waals surface area contributed by atoms with Crippen LogP contribution in [0.4, 0.5) is 17.6 Å². The third kappa shape index (κ3) is 3.87. The summed E-state index contributed by atoms with van der Waals surface area (Å²) in [5, 5.41) is 10.4. The monoisotopic (exact) mass is 360 g/mol. The first-order valence-corrected chi connectivity index (χ1v) is 9.65. The van der Waals surface area contributed by atoms with E-state index in [9.17, 15) is 5.11 Å². The van der Waals surface area contributed by atoms with Gasteiger partial charge in [0.15, 0.2) is 5.82 Å².